The molecule has 0 aliphatic carbocycles. The van der Waals surface area contributed by atoms with E-state index >= 15 is 0 Å². The van der Waals surface area contributed by atoms with Gasteiger partial charge in [-0.2, -0.15) is 0 Å². The van der Waals surface area contributed by atoms with Crippen LogP contribution in [0.25, 0.3) is 0 Å². The molecule has 74 valence electrons. The summed E-state index contributed by atoms with van der Waals surface area (Å²) < 4.78 is 11.8. The van der Waals surface area contributed by atoms with E-state index in [1.165, 1.54) is 13.0 Å². The van der Waals surface area contributed by atoms with Crippen LogP contribution in [0.1, 0.15) is 13.8 Å². The maximum atomic E-state index is 11.8. The van der Waals surface area contributed by atoms with E-state index in [9.17, 15) is 9.00 Å². The van der Waals surface area contributed by atoms with Gasteiger partial charge in [-0.25, -0.2) is 4.21 Å². The van der Waals surface area contributed by atoms with Crippen molar-refractivity contribution in [3.8, 4) is 0 Å². The summed E-state index contributed by atoms with van der Waals surface area (Å²) in [6.07, 6.45) is 1.41. The smallest absolute Gasteiger partial charge is 0.153 e. The molecular formula is C11H12O2S. The number of carbonyl (C=O) groups is 1. The molecule has 0 radical (unpaired) electrons. The van der Waals surface area contributed by atoms with Crippen molar-refractivity contribution in [2.75, 3.05) is 0 Å². The number of hydrogen-bond donors (Lipinski definition) is 0. The first-order valence-corrected chi connectivity index (χ1v) is 5.42. The van der Waals surface area contributed by atoms with Crippen LogP contribution in [0.15, 0.2) is 46.2 Å². The predicted molar refractivity (Wildman–Crippen MR) is 57.3 cm³/mol. The van der Waals surface area contributed by atoms with E-state index in [0.29, 0.717) is 4.91 Å². The van der Waals surface area contributed by atoms with E-state index in [1.807, 2.05) is 18.2 Å². The SMILES string of the molecule is CC(=O)/C=C(\C)S(=O)c1ccccc1. The Bertz CT molecular complexity index is 380. The topological polar surface area (TPSA) is 34.1 Å². The average Bonchev–Trinajstić information content (AvgIpc) is 2.17. The molecule has 0 aliphatic rings. The minimum atomic E-state index is -1.21. The number of hydrogen-bond acceptors (Lipinski definition) is 2. The second-order valence-electron chi connectivity index (χ2n) is 2.95. The summed E-state index contributed by atoms with van der Waals surface area (Å²) in [4.78, 5) is 12.1. The van der Waals surface area contributed by atoms with Crippen molar-refractivity contribution in [3.05, 3.63) is 41.3 Å². The Labute approximate surface area is 86.1 Å². The molecule has 1 unspecified atom stereocenters. The highest BCUT2D eigenvalue weighted by molar-refractivity contribution is 7.89. The number of allylic oxidation sites excluding steroid dienone is 2. The molecule has 0 saturated heterocycles. The number of rotatable bonds is 3. The third-order valence-electron chi connectivity index (χ3n) is 1.66. The van der Waals surface area contributed by atoms with E-state index in [0.717, 1.165) is 4.90 Å². The molecule has 2 nitrogen and oxygen atoms in total. The van der Waals surface area contributed by atoms with Gasteiger partial charge in [0, 0.05) is 9.80 Å². The van der Waals surface area contributed by atoms with Crippen LogP contribution in [-0.2, 0) is 15.6 Å². The van der Waals surface area contributed by atoms with Gasteiger partial charge in [-0.3, -0.25) is 4.79 Å². The zero-order valence-electron chi connectivity index (χ0n) is 8.19. The zero-order chi connectivity index (χ0) is 10.6. The van der Waals surface area contributed by atoms with Gasteiger partial charge in [-0.05, 0) is 32.1 Å². The van der Waals surface area contributed by atoms with Crippen LogP contribution in [0.2, 0.25) is 0 Å². The lowest BCUT2D eigenvalue weighted by Crippen LogP contribution is -1.95. The summed E-state index contributed by atoms with van der Waals surface area (Å²) in [7, 11) is -1.21. The highest BCUT2D eigenvalue weighted by Gasteiger charge is 2.05. The van der Waals surface area contributed by atoms with E-state index in [-0.39, 0.29) is 5.78 Å². The molecule has 0 fully saturated rings. The standard InChI is InChI=1S/C11H12O2S/c1-9(12)8-10(2)14(13)11-6-4-3-5-7-11/h3-8H,1-2H3/b10-8+. The third-order valence-corrected chi connectivity index (χ3v) is 3.06. The minimum Gasteiger partial charge on any atom is -0.295 e. The monoisotopic (exact) mass is 208 g/mol. The number of carbonyl (C=O) groups excluding carboxylic acids is 1. The highest BCUT2D eigenvalue weighted by atomic mass is 32.2. The Morgan fingerprint density at radius 1 is 1.21 bits per heavy atom. The molecule has 0 N–H and O–H groups in total. The fourth-order valence-electron chi connectivity index (χ4n) is 1.07. The summed E-state index contributed by atoms with van der Waals surface area (Å²) in [6.45, 7) is 3.15. The number of benzene rings is 1. The fourth-order valence-corrected chi connectivity index (χ4v) is 2.12. The molecule has 14 heavy (non-hydrogen) atoms. The van der Waals surface area contributed by atoms with Crippen LogP contribution in [0.4, 0.5) is 0 Å². The van der Waals surface area contributed by atoms with Crippen molar-refractivity contribution in [3.63, 3.8) is 0 Å². The summed E-state index contributed by atoms with van der Waals surface area (Å²) in [5, 5.41) is 0. The first-order chi connectivity index (χ1) is 6.61. The van der Waals surface area contributed by atoms with Crippen molar-refractivity contribution < 1.29 is 9.00 Å². The highest BCUT2D eigenvalue weighted by Crippen LogP contribution is 2.13. The lowest BCUT2D eigenvalue weighted by atomic mass is 10.4. The molecule has 0 aromatic heterocycles. The van der Waals surface area contributed by atoms with Crippen LogP contribution in [-0.4, -0.2) is 9.99 Å². The largest absolute Gasteiger partial charge is 0.295 e. The summed E-state index contributed by atoms with van der Waals surface area (Å²) in [6, 6.07) is 9.09. The second kappa shape index (κ2) is 4.86. The first-order valence-electron chi connectivity index (χ1n) is 4.27. The van der Waals surface area contributed by atoms with Gasteiger partial charge in [-0.1, -0.05) is 18.2 Å². The molecule has 0 aliphatic heterocycles. The molecule has 3 heteroatoms. The predicted octanol–water partition coefficient (Wildman–Crippen LogP) is 2.29. The number of ketones is 1. The lowest BCUT2D eigenvalue weighted by molar-refractivity contribution is -0.112. The van der Waals surface area contributed by atoms with Crippen molar-refractivity contribution in [2.24, 2.45) is 0 Å². The third kappa shape index (κ3) is 2.92. The zero-order valence-corrected chi connectivity index (χ0v) is 9.01. The van der Waals surface area contributed by atoms with Gasteiger partial charge >= 0.3 is 0 Å². The Kier molecular flexibility index (Phi) is 3.77. The molecule has 0 heterocycles. The lowest BCUT2D eigenvalue weighted by Gasteiger charge is -2.00. The van der Waals surface area contributed by atoms with Crippen molar-refractivity contribution in [1.29, 1.82) is 0 Å². The van der Waals surface area contributed by atoms with Gasteiger partial charge < -0.3 is 0 Å². The molecule has 0 bridgehead atoms. The minimum absolute atomic E-state index is 0.0771. The Hall–Kier alpha value is -1.22. The molecule has 0 amide bonds. The molecule has 1 aromatic rings. The fraction of sp³-hybridized carbons (Fsp3) is 0.182. The van der Waals surface area contributed by atoms with Crippen LogP contribution in [0, 0.1) is 0 Å². The van der Waals surface area contributed by atoms with Crippen molar-refractivity contribution in [2.45, 2.75) is 18.7 Å². The molecule has 1 aromatic carbocycles. The Morgan fingerprint density at radius 3 is 2.29 bits per heavy atom. The first kappa shape index (κ1) is 10.9. The maximum Gasteiger partial charge on any atom is 0.153 e. The molecule has 0 spiro atoms. The average molecular weight is 208 g/mol. The van der Waals surface area contributed by atoms with Crippen LogP contribution in [0.3, 0.4) is 0 Å². The van der Waals surface area contributed by atoms with Gasteiger partial charge in [0.2, 0.25) is 0 Å². The molecule has 1 rings (SSSR count). The van der Waals surface area contributed by atoms with E-state index in [4.69, 9.17) is 0 Å². The summed E-state index contributed by atoms with van der Waals surface area (Å²) in [5.74, 6) is -0.0771. The van der Waals surface area contributed by atoms with Crippen molar-refractivity contribution in [1.82, 2.24) is 0 Å². The summed E-state index contributed by atoms with van der Waals surface area (Å²) >= 11 is 0. The van der Waals surface area contributed by atoms with Gasteiger partial charge in [0.05, 0.1) is 10.8 Å². The second-order valence-corrected chi connectivity index (χ2v) is 4.60. The van der Waals surface area contributed by atoms with Gasteiger partial charge in [-0.15, -0.1) is 0 Å². The van der Waals surface area contributed by atoms with E-state index < -0.39 is 10.8 Å². The van der Waals surface area contributed by atoms with Gasteiger partial charge in [0.25, 0.3) is 0 Å². The normalized spacial score (nSPS) is 13.7. The molecule has 1 atom stereocenters. The Balaban J connectivity index is 2.92. The Morgan fingerprint density at radius 2 is 1.79 bits per heavy atom. The van der Waals surface area contributed by atoms with Gasteiger partial charge in [0.1, 0.15) is 0 Å². The molecular weight excluding hydrogens is 196 g/mol. The van der Waals surface area contributed by atoms with Crippen LogP contribution in [0.5, 0.6) is 0 Å². The van der Waals surface area contributed by atoms with Crippen LogP contribution >= 0.6 is 0 Å². The van der Waals surface area contributed by atoms with Crippen LogP contribution < -0.4 is 0 Å². The molecule has 0 saturated carbocycles. The maximum absolute atomic E-state index is 11.8. The van der Waals surface area contributed by atoms with Gasteiger partial charge in [0.15, 0.2) is 5.78 Å². The summed E-state index contributed by atoms with van der Waals surface area (Å²) in [5.41, 5.74) is 0. The van der Waals surface area contributed by atoms with E-state index in [1.54, 1.807) is 19.1 Å². The van der Waals surface area contributed by atoms with Crippen molar-refractivity contribution >= 4 is 16.6 Å². The van der Waals surface area contributed by atoms with E-state index in [2.05, 4.69) is 0 Å². The quantitative estimate of drug-likeness (QED) is 0.714.